The predicted molar refractivity (Wildman–Crippen MR) is 68.0 cm³/mol. The lowest BCUT2D eigenvalue weighted by molar-refractivity contribution is 0.595. The largest absolute Gasteiger partial charge is 0.276 e. The number of benzene rings is 1. The Morgan fingerprint density at radius 2 is 1.56 bits per heavy atom. The lowest BCUT2D eigenvalue weighted by atomic mass is 10.4. The first kappa shape index (κ1) is 13.4. The van der Waals surface area contributed by atoms with Crippen molar-refractivity contribution in [1.29, 1.82) is 0 Å². The molecule has 6 nitrogen and oxygen atoms in total. The van der Waals surface area contributed by atoms with Crippen LogP contribution in [0.5, 0.6) is 0 Å². The third-order valence-electron chi connectivity index (χ3n) is 1.91. The normalized spacial score (nSPS) is 11.5. The fraction of sp³-hybridized carbons (Fsp3) is 0. The second kappa shape index (κ2) is 4.93. The van der Waals surface area contributed by atoms with Gasteiger partial charge in [-0.1, -0.05) is 34.8 Å². The molecule has 0 aliphatic heterocycles. The number of nitrogens with zero attached hydrogens (tertiary/aromatic N) is 3. The maximum atomic E-state index is 12.0. The maximum Gasteiger partial charge on any atom is 0.276 e. The molecule has 96 valence electrons. The Bertz CT molecular complexity index is 672. The second-order valence-corrected chi connectivity index (χ2v) is 6.01. The van der Waals surface area contributed by atoms with Gasteiger partial charge in [-0.25, -0.2) is 9.51 Å². The number of hydrogen-bond acceptors (Lipinski definition) is 4. The zero-order chi connectivity index (χ0) is 13.3. The van der Waals surface area contributed by atoms with Crippen molar-refractivity contribution in [3.63, 3.8) is 0 Å². The SMILES string of the molecule is O=S(=O)(Nn1cnnc1)c1cc(Cl)c(Cl)cc1Cl. The fourth-order valence-corrected chi connectivity index (χ4v) is 3.12. The van der Waals surface area contributed by atoms with E-state index in [-0.39, 0.29) is 20.0 Å². The Morgan fingerprint density at radius 3 is 2.17 bits per heavy atom. The van der Waals surface area contributed by atoms with Gasteiger partial charge in [0.1, 0.15) is 17.6 Å². The molecule has 0 bridgehead atoms. The van der Waals surface area contributed by atoms with Gasteiger partial charge in [0, 0.05) is 0 Å². The quantitative estimate of drug-likeness (QED) is 0.877. The number of sulfonamides is 1. The van der Waals surface area contributed by atoms with Gasteiger partial charge in [-0.3, -0.25) is 0 Å². The van der Waals surface area contributed by atoms with Gasteiger partial charge in [0.05, 0.1) is 15.1 Å². The highest BCUT2D eigenvalue weighted by atomic mass is 35.5. The van der Waals surface area contributed by atoms with Crippen LogP contribution in [0.15, 0.2) is 29.7 Å². The molecule has 0 spiro atoms. The highest BCUT2D eigenvalue weighted by molar-refractivity contribution is 7.92. The van der Waals surface area contributed by atoms with Crippen molar-refractivity contribution in [2.75, 3.05) is 4.83 Å². The molecule has 1 N–H and O–H groups in total. The minimum Gasteiger partial charge on any atom is -0.221 e. The molecule has 10 heteroatoms. The zero-order valence-corrected chi connectivity index (χ0v) is 11.6. The van der Waals surface area contributed by atoms with Gasteiger partial charge < -0.3 is 0 Å². The first-order valence-electron chi connectivity index (χ1n) is 4.42. The van der Waals surface area contributed by atoms with E-state index in [0.29, 0.717) is 0 Å². The van der Waals surface area contributed by atoms with Crippen LogP contribution in [0.4, 0.5) is 0 Å². The van der Waals surface area contributed by atoms with Crippen LogP contribution >= 0.6 is 34.8 Å². The van der Waals surface area contributed by atoms with Crippen molar-refractivity contribution >= 4 is 44.8 Å². The van der Waals surface area contributed by atoms with Gasteiger partial charge >= 0.3 is 0 Å². The third-order valence-corrected chi connectivity index (χ3v) is 4.42. The van der Waals surface area contributed by atoms with Crippen LogP contribution in [0.25, 0.3) is 0 Å². The summed E-state index contributed by atoms with van der Waals surface area (Å²) in [6.45, 7) is 0. The molecule has 0 amide bonds. The van der Waals surface area contributed by atoms with Crippen molar-refractivity contribution in [3.8, 4) is 0 Å². The van der Waals surface area contributed by atoms with Crippen molar-refractivity contribution in [2.24, 2.45) is 0 Å². The van der Waals surface area contributed by atoms with Crippen LogP contribution in [0.1, 0.15) is 0 Å². The van der Waals surface area contributed by atoms with Crippen LogP contribution in [0.2, 0.25) is 15.1 Å². The van der Waals surface area contributed by atoms with Crippen LogP contribution in [0, 0.1) is 0 Å². The number of rotatable bonds is 3. The van der Waals surface area contributed by atoms with Gasteiger partial charge in [-0.05, 0) is 12.1 Å². The Kier molecular flexibility index (Phi) is 3.67. The van der Waals surface area contributed by atoms with Crippen LogP contribution in [-0.4, -0.2) is 23.3 Å². The predicted octanol–water partition coefficient (Wildman–Crippen LogP) is 2.17. The van der Waals surface area contributed by atoms with Crippen LogP contribution in [-0.2, 0) is 10.0 Å². The van der Waals surface area contributed by atoms with Crippen molar-refractivity contribution < 1.29 is 8.42 Å². The number of nitrogens with one attached hydrogen (secondary N) is 1. The lowest BCUT2D eigenvalue weighted by Crippen LogP contribution is -2.22. The molecule has 0 atom stereocenters. The van der Waals surface area contributed by atoms with E-state index in [1.54, 1.807) is 0 Å². The van der Waals surface area contributed by atoms with E-state index in [9.17, 15) is 8.42 Å². The molecular weight excluding hydrogens is 323 g/mol. The molecule has 0 aliphatic carbocycles. The minimum atomic E-state index is -3.90. The van der Waals surface area contributed by atoms with E-state index in [2.05, 4.69) is 15.0 Å². The van der Waals surface area contributed by atoms with Gasteiger partial charge in [0.25, 0.3) is 10.0 Å². The summed E-state index contributed by atoms with van der Waals surface area (Å²) in [6.07, 6.45) is 2.37. The molecule has 0 fully saturated rings. The molecule has 0 unspecified atom stereocenters. The molecule has 1 heterocycles. The number of halogens is 3. The summed E-state index contributed by atoms with van der Waals surface area (Å²) < 4.78 is 25.1. The molecule has 18 heavy (non-hydrogen) atoms. The molecule has 0 radical (unpaired) electrons. The topological polar surface area (TPSA) is 76.9 Å². The van der Waals surface area contributed by atoms with E-state index in [1.807, 2.05) is 0 Å². The molecule has 1 aromatic heterocycles. The van der Waals surface area contributed by atoms with Crippen molar-refractivity contribution in [3.05, 3.63) is 39.9 Å². The van der Waals surface area contributed by atoms with Crippen molar-refractivity contribution in [1.82, 2.24) is 14.9 Å². The fourth-order valence-electron chi connectivity index (χ4n) is 1.15. The monoisotopic (exact) mass is 326 g/mol. The average molecular weight is 328 g/mol. The molecule has 2 aromatic rings. The van der Waals surface area contributed by atoms with E-state index in [0.717, 1.165) is 4.68 Å². The number of aromatic nitrogens is 3. The molecule has 0 aliphatic rings. The van der Waals surface area contributed by atoms with Crippen molar-refractivity contribution in [2.45, 2.75) is 4.90 Å². The lowest BCUT2D eigenvalue weighted by Gasteiger charge is -2.10. The highest BCUT2D eigenvalue weighted by Crippen LogP contribution is 2.31. The standard InChI is InChI=1S/C8H5Cl3N4O2S/c9-5-1-7(11)8(2-6(5)10)18(16,17)14-15-3-12-13-4-15/h1-4,14H. The van der Waals surface area contributed by atoms with Crippen LogP contribution in [0.3, 0.4) is 0 Å². The minimum absolute atomic E-state index is 0.0371. The summed E-state index contributed by atoms with van der Waals surface area (Å²) in [7, 11) is -3.90. The number of hydrogen-bond donors (Lipinski definition) is 1. The highest BCUT2D eigenvalue weighted by Gasteiger charge is 2.20. The zero-order valence-electron chi connectivity index (χ0n) is 8.51. The second-order valence-electron chi connectivity index (χ2n) is 3.16. The van der Waals surface area contributed by atoms with E-state index < -0.39 is 10.0 Å². The van der Waals surface area contributed by atoms with Gasteiger partial charge in [0.15, 0.2) is 0 Å². The molecule has 0 saturated heterocycles. The first-order chi connectivity index (χ1) is 8.40. The Balaban J connectivity index is 2.44. The van der Waals surface area contributed by atoms with Gasteiger partial charge in [-0.15, -0.1) is 10.2 Å². The Morgan fingerprint density at radius 1 is 1.00 bits per heavy atom. The summed E-state index contributed by atoms with van der Waals surface area (Å²) in [4.78, 5) is 1.99. The summed E-state index contributed by atoms with van der Waals surface area (Å²) >= 11 is 17.3. The third kappa shape index (κ3) is 2.69. The first-order valence-corrected chi connectivity index (χ1v) is 7.04. The maximum absolute atomic E-state index is 12.0. The Hall–Kier alpha value is -1.02. The van der Waals surface area contributed by atoms with E-state index >= 15 is 0 Å². The molecule has 1 aromatic carbocycles. The molecule has 2 rings (SSSR count). The van der Waals surface area contributed by atoms with Crippen LogP contribution < -0.4 is 4.83 Å². The van der Waals surface area contributed by atoms with E-state index in [4.69, 9.17) is 34.8 Å². The van der Waals surface area contributed by atoms with Gasteiger partial charge in [0.2, 0.25) is 0 Å². The average Bonchev–Trinajstić information content (AvgIpc) is 2.75. The van der Waals surface area contributed by atoms with Gasteiger partial charge in [-0.2, -0.15) is 8.42 Å². The summed E-state index contributed by atoms with van der Waals surface area (Å²) in [5.41, 5.74) is 0. The summed E-state index contributed by atoms with van der Waals surface area (Å²) in [5, 5.41) is 7.14. The molecular formula is C8H5Cl3N4O2S. The molecule has 0 saturated carbocycles. The summed E-state index contributed by atoms with van der Waals surface area (Å²) in [6, 6.07) is 2.42. The summed E-state index contributed by atoms with van der Waals surface area (Å²) in [5.74, 6) is 0. The smallest absolute Gasteiger partial charge is 0.221 e. The Labute approximate surface area is 118 Å². The van der Waals surface area contributed by atoms with E-state index in [1.165, 1.54) is 24.8 Å².